The summed E-state index contributed by atoms with van der Waals surface area (Å²) in [5.41, 5.74) is -1.14. The second kappa shape index (κ2) is 6.35. The number of hydrogen-bond donors (Lipinski definition) is 1. The molecule has 1 N–H and O–H groups in total. The smallest absolute Gasteiger partial charge is 0.352 e. The molecular formula is C13H11ClF3N3O2. The van der Waals surface area contributed by atoms with Crippen LogP contribution in [0.1, 0.15) is 27.6 Å². The van der Waals surface area contributed by atoms with Crippen LogP contribution in [-0.2, 0) is 12.6 Å². The Kier molecular flexibility index (Phi) is 4.70. The molecule has 0 saturated heterocycles. The third kappa shape index (κ3) is 4.20. The van der Waals surface area contributed by atoms with Gasteiger partial charge in [0.15, 0.2) is 5.82 Å². The lowest BCUT2D eigenvalue weighted by Crippen LogP contribution is -2.26. The molecule has 0 aliphatic carbocycles. The van der Waals surface area contributed by atoms with Crippen molar-refractivity contribution in [2.75, 3.05) is 6.54 Å². The van der Waals surface area contributed by atoms with Crippen molar-refractivity contribution in [3.05, 3.63) is 46.1 Å². The predicted molar refractivity (Wildman–Crippen MR) is 71.5 cm³/mol. The first-order valence-electron chi connectivity index (χ1n) is 6.21. The van der Waals surface area contributed by atoms with E-state index in [0.29, 0.717) is 11.7 Å². The number of rotatable bonds is 4. The first-order valence-corrected chi connectivity index (χ1v) is 6.58. The van der Waals surface area contributed by atoms with Gasteiger partial charge in [-0.05, 0) is 25.1 Å². The number of amides is 1. The van der Waals surface area contributed by atoms with Crippen molar-refractivity contribution in [2.45, 2.75) is 19.5 Å². The van der Waals surface area contributed by atoms with E-state index in [-0.39, 0.29) is 23.6 Å². The van der Waals surface area contributed by atoms with Crippen molar-refractivity contribution in [3.63, 3.8) is 0 Å². The van der Waals surface area contributed by atoms with Gasteiger partial charge in [-0.25, -0.2) is 0 Å². The molecule has 0 fully saturated rings. The molecule has 22 heavy (non-hydrogen) atoms. The van der Waals surface area contributed by atoms with E-state index in [1.54, 1.807) is 6.92 Å². The van der Waals surface area contributed by atoms with E-state index < -0.39 is 17.6 Å². The Labute approximate surface area is 128 Å². The highest BCUT2D eigenvalue weighted by Gasteiger charge is 2.31. The van der Waals surface area contributed by atoms with Crippen LogP contribution in [0, 0.1) is 6.92 Å². The number of nitrogens with one attached hydrogen (secondary N) is 1. The summed E-state index contributed by atoms with van der Waals surface area (Å²) >= 11 is 5.62. The summed E-state index contributed by atoms with van der Waals surface area (Å²) in [5, 5.41) is 5.89. The molecule has 2 aromatic rings. The topological polar surface area (TPSA) is 68.0 Å². The van der Waals surface area contributed by atoms with Gasteiger partial charge >= 0.3 is 6.18 Å². The van der Waals surface area contributed by atoms with Gasteiger partial charge in [0.05, 0.1) is 5.56 Å². The van der Waals surface area contributed by atoms with E-state index in [0.717, 1.165) is 12.1 Å². The largest absolute Gasteiger partial charge is 0.416 e. The van der Waals surface area contributed by atoms with Crippen LogP contribution < -0.4 is 5.32 Å². The summed E-state index contributed by atoms with van der Waals surface area (Å²) < 4.78 is 42.9. The van der Waals surface area contributed by atoms with Crippen LogP contribution in [0.3, 0.4) is 0 Å². The Morgan fingerprint density at radius 2 is 2.09 bits per heavy atom. The zero-order chi connectivity index (χ0) is 16.3. The molecule has 1 aromatic heterocycles. The molecule has 1 aromatic carbocycles. The van der Waals surface area contributed by atoms with Crippen molar-refractivity contribution in [3.8, 4) is 0 Å². The minimum Gasteiger partial charge on any atom is -0.352 e. The summed E-state index contributed by atoms with van der Waals surface area (Å²) in [6.07, 6.45) is -4.29. The summed E-state index contributed by atoms with van der Waals surface area (Å²) in [4.78, 5) is 15.8. The Morgan fingerprint density at radius 3 is 2.68 bits per heavy atom. The molecule has 0 aliphatic heterocycles. The fraction of sp³-hybridized carbons (Fsp3) is 0.308. The van der Waals surface area contributed by atoms with Gasteiger partial charge in [0, 0.05) is 23.6 Å². The standard InChI is InChI=1S/C13H11ClF3N3O2/c1-7-19-11(22-20-7)2-3-18-12(21)8-4-9(13(15,16)17)6-10(14)5-8/h4-6H,2-3H2,1H3,(H,18,21). The van der Waals surface area contributed by atoms with Gasteiger partial charge in [-0.3, -0.25) is 4.79 Å². The zero-order valence-corrected chi connectivity index (χ0v) is 12.1. The van der Waals surface area contributed by atoms with Crippen molar-refractivity contribution in [1.29, 1.82) is 0 Å². The third-order valence-corrected chi connectivity index (χ3v) is 2.90. The number of alkyl halides is 3. The van der Waals surface area contributed by atoms with Crippen molar-refractivity contribution >= 4 is 17.5 Å². The average molecular weight is 334 g/mol. The van der Waals surface area contributed by atoms with E-state index in [4.69, 9.17) is 16.1 Å². The fourth-order valence-electron chi connectivity index (χ4n) is 1.71. The third-order valence-electron chi connectivity index (χ3n) is 2.68. The Balaban J connectivity index is 2.01. The van der Waals surface area contributed by atoms with E-state index >= 15 is 0 Å². The van der Waals surface area contributed by atoms with Crippen LogP contribution >= 0.6 is 11.6 Å². The second-order valence-electron chi connectivity index (χ2n) is 4.47. The molecule has 1 amide bonds. The summed E-state index contributed by atoms with van der Waals surface area (Å²) in [7, 11) is 0. The molecule has 0 saturated carbocycles. The Morgan fingerprint density at radius 1 is 1.36 bits per heavy atom. The number of hydrogen-bond acceptors (Lipinski definition) is 4. The highest BCUT2D eigenvalue weighted by molar-refractivity contribution is 6.31. The number of carbonyl (C=O) groups is 1. The van der Waals surface area contributed by atoms with Crippen molar-refractivity contribution < 1.29 is 22.5 Å². The predicted octanol–water partition coefficient (Wildman–Crippen LogP) is 3.02. The summed E-state index contributed by atoms with van der Waals surface area (Å²) in [6.45, 7) is 1.80. The van der Waals surface area contributed by atoms with Gasteiger partial charge in [-0.2, -0.15) is 18.2 Å². The molecule has 0 unspecified atom stereocenters. The summed E-state index contributed by atoms with van der Waals surface area (Å²) in [5.74, 6) is 0.134. The maximum atomic E-state index is 12.7. The Bertz CT molecular complexity index is 685. The first-order chi connectivity index (χ1) is 10.3. The highest BCUT2D eigenvalue weighted by Crippen LogP contribution is 2.31. The van der Waals surface area contributed by atoms with Crippen molar-refractivity contribution in [2.24, 2.45) is 0 Å². The number of carbonyl (C=O) groups excluding carboxylic acids is 1. The highest BCUT2D eigenvalue weighted by atomic mass is 35.5. The number of aromatic nitrogens is 2. The van der Waals surface area contributed by atoms with Gasteiger partial charge in [-0.1, -0.05) is 16.8 Å². The molecule has 0 bridgehead atoms. The normalized spacial score (nSPS) is 11.5. The van der Waals surface area contributed by atoms with Crippen LogP contribution in [-0.4, -0.2) is 22.6 Å². The number of benzene rings is 1. The van der Waals surface area contributed by atoms with Gasteiger partial charge < -0.3 is 9.84 Å². The average Bonchev–Trinajstić information content (AvgIpc) is 2.82. The molecule has 0 radical (unpaired) electrons. The van der Waals surface area contributed by atoms with Gasteiger partial charge in [0.2, 0.25) is 5.89 Å². The molecule has 9 heteroatoms. The molecule has 0 spiro atoms. The van der Waals surface area contributed by atoms with E-state index in [1.165, 1.54) is 6.07 Å². The van der Waals surface area contributed by atoms with Crippen LogP contribution in [0.15, 0.2) is 22.7 Å². The lowest BCUT2D eigenvalue weighted by atomic mass is 10.1. The lowest BCUT2D eigenvalue weighted by Gasteiger charge is -2.10. The van der Waals surface area contributed by atoms with E-state index in [9.17, 15) is 18.0 Å². The van der Waals surface area contributed by atoms with Crippen LogP contribution in [0.25, 0.3) is 0 Å². The summed E-state index contributed by atoms with van der Waals surface area (Å²) in [6, 6.07) is 2.68. The lowest BCUT2D eigenvalue weighted by molar-refractivity contribution is -0.137. The number of aryl methyl sites for hydroxylation is 1. The number of halogens is 4. The van der Waals surface area contributed by atoms with Crippen LogP contribution in [0.2, 0.25) is 5.02 Å². The number of nitrogens with zero attached hydrogens (tertiary/aromatic N) is 2. The van der Waals surface area contributed by atoms with Crippen molar-refractivity contribution in [1.82, 2.24) is 15.5 Å². The first kappa shape index (κ1) is 16.3. The van der Waals surface area contributed by atoms with E-state index in [2.05, 4.69) is 15.5 Å². The molecule has 118 valence electrons. The second-order valence-corrected chi connectivity index (χ2v) is 4.90. The van der Waals surface area contributed by atoms with Crippen LogP contribution in [0.5, 0.6) is 0 Å². The van der Waals surface area contributed by atoms with E-state index in [1.807, 2.05) is 0 Å². The molecule has 0 atom stereocenters. The molecule has 5 nitrogen and oxygen atoms in total. The Hall–Kier alpha value is -2.09. The fourth-order valence-corrected chi connectivity index (χ4v) is 1.95. The minimum absolute atomic E-state index is 0.147. The quantitative estimate of drug-likeness (QED) is 0.934. The van der Waals surface area contributed by atoms with Gasteiger partial charge in [-0.15, -0.1) is 0 Å². The maximum Gasteiger partial charge on any atom is 0.416 e. The SMILES string of the molecule is Cc1noc(CCNC(=O)c2cc(Cl)cc(C(F)(F)F)c2)n1. The maximum absolute atomic E-state index is 12.7. The monoisotopic (exact) mass is 333 g/mol. The van der Waals surface area contributed by atoms with Crippen LogP contribution in [0.4, 0.5) is 13.2 Å². The zero-order valence-electron chi connectivity index (χ0n) is 11.4. The molecule has 0 aliphatic rings. The van der Waals surface area contributed by atoms with Gasteiger partial charge in [0.1, 0.15) is 0 Å². The molecule has 2 rings (SSSR count). The molecular weight excluding hydrogens is 323 g/mol. The molecule has 1 heterocycles. The van der Waals surface area contributed by atoms with Gasteiger partial charge in [0.25, 0.3) is 5.91 Å². The minimum atomic E-state index is -4.57.